The zero-order chi connectivity index (χ0) is 91.3. The minimum atomic E-state index is -3.32. The van der Waals surface area contributed by atoms with Gasteiger partial charge in [-0.3, -0.25) is 0 Å². The van der Waals surface area contributed by atoms with Crippen molar-refractivity contribution in [2.24, 2.45) is 34.4 Å². The van der Waals surface area contributed by atoms with E-state index in [2.05, 4.69) is 155 Å². The molecule has 48 heteroatoms. The van der Waals surface area contributed by atoms with Crippen LogP contribution in [0, 0.1) is 0 Å². The van der Waals surface area contributed by atoms with Crippen molar-refractivity contribution in [2.45, 2.75) is 229 Å². The van der Waals surface area contributed by atoms with E-state index in [0.29, 0.717) is 18.1 Å². The maximum Gasteiger partial charge on any atom is 0.500 e. The SMILES string of the molecule is CO[Si](CCCNCCCCCCN)(OC)OC.CO[Si](CCCNCCCCCCN)(OC)OC.CO[Si](CCCNCCCCCCN)(OC)OC.CO[Si](O)(CCCNCCCCCCN)OC.CO[Si](O)(CCCNCCCCCCN)OC.CO[Si](O)(O)CCCNCCCCCCN.P=S.P=S.P=S.P=S.P=S.P=S. The average Bonchev–Trinajstić information content (AvgIpc) is 0.911. The van der Waals surface area contributed by atoms with Crippen LogP contribution in [-0.2, 0) is 133 Å². The van der Waals surface area contributed by atoms with Crippen LogP contribution < -0.4 is 66.3 Å². The van der Waals surface area contributed by atoms with Crippen LogP contribution in [0.15, 0.2) is 0 Å². The topological polar surface area (TPSA) is 438 Å². The Kier molecular flexibility index (Phi) is 158. The van der Waals surface area contributed by atoms with Crippen LogP contribution in [-0.4, -0.2) is 289 Å². The van der Waals surface area contributed by atoms with Gasteiger partial charge in [-0.15, -0.1) is 0 Å². The highest BCUT2D eigenvalue weighted by Gasteiger charge is 2.39. The normalized spacial score (nSPS) is 11.0. The van der Waals surface area contributed by atoms with Gasteiger partial charge < -0.3 is 147 Å². The summed E-state index contributed by atoms with van der Waals surface area (Å²) in [6.07, 6.45) is 34.4. The fourth-order valence-electron chi connectivity index (χ4n) is 10.2. The van der Waals surface area contributed by atoms with Gasteiger partial charge in [0.05, 0.1) is 0 Å². The number of hydrogen-bond donors (Lipinski definition) is 16. The molecule has 0 aliphatic carbocycles. The maximum atomic E-state index is 9.78. The molecule has 116 heavy (non-hydrogen) atoms. The molecule has 0 unspecified atom stereocenters. The predicted molar refractivity (Wildman–Crippen MR) is 535 cm³/mol. The summed E-state index contributed by atoms with van der Waals surface area (Å²) >= 11 is 23.3. The van der Waals surface area contributed by atoms with Crippen LogP contribution in [0.25, 0.3) is 0 Å². The van der Waals surface area contributed by atoms with Gasteiger partial charge in [0, 0.05) is 136 Å². The van der Waals surface area contributed by atoms with E-state index in [9.17, 15) is 19.2 Å². The summed E-state index contributed by atoms with van der Waals surface area (Å²) < 4.78 is 72.9. The van der Waals surface area contributed by atoms with Crippen molar-refractivity contribution < 1.29 is 81.1 Å². The predicted octanol–water partition coefficient (Wildman–Crippen LogP) is 9.11. The van der Waals surface area contributed by atoms with Crippen LogP contribution in [0.5, 0.6) is 0 Å². The van der Waals surface area contributed by atoms with Gasteiger partial charge in [-0.2, -0.15) is 0 Å². The maximum absolute atomic E-state index is 9.78. The monoisotopic (exact) mass is 2000 g/mol. The summed E-state index contributed by atoms with van der Waals surface area (Å²) in [6.45, 7) is 16.7. The summed E-state index contributed by atoms with van der Waals surface area (Å²) in [5, 5.41) is 20.3. The smallest absolute Gasteiger partial charge is 0.390 e. The second kappa shape index (κ2) is 127. The van der Waals surface area contributed by atoms with Crippen molar-refractivity contribution in [1.82, 2.24) is 31.9 Å². The Hall–Kier alpha value is 3.22. The zero-order valence-electron chi connectivity index (χ0n) is 74.6. The molecule has 0 aromatic rings. The summed E-state index contributed by atoms with van der Waals surface area (Å²) in [6, 6.07) is 4.16. The van der Waals surface area contributed by atoms with Gasteiger partial charge in [0.2, 0.25) is 0 Å². The Morgan fingerprint density at radius 2 is 0.328 bits per heavy atom. The highest BCUT2D eigenvalue weighted by molar-refractivity contribution is 7.89. The zero-order valence-corrected chi connectivity index (χ0v) is 91.5. The summed E-state index contributed by atoms with van der Waals surface area (Å²) in [5.41, 5.74) is 32.6. The summed E-state index contributed by atoms with van der Waals surface area (Å²) in [4.78, 5) is 38.1. The Morgan fingerprint density at radius 1 is 0.190 bits per heavy atom. The standard InChI is InChI=1S/3C12H30N2O3Si.2C11H28N2O3Si.C10H26N2O3Si.6HPS/c3*1-15-18(16-2,17-3)12-8-11-14-10-7-5-4-6-9-13;2*1-15-17(14,16-2)11-7-10-13-9-6-4-3-5-8-12;1-15-16(13,14)10-6-9-12-8-5-3-2-4-7-11;6*1-2/h3*14H,4-13H2,1-3H3;2*13-14H,3-12H2,1-2H3;12-14H,2-11H2,1H3;6*1H. The molecule has 0 aromatic heterocycles. The minimum absolute atomic E-state index is 0.365. The lowest BCUT2D eigenvalue weighted by molar-refractivity contribution is 0.122. The molecule has 0 rings (SSSR count). The molecule has 0 heterocycles. The lowest BCUT2D eigenvalue weighted by Gasteiger charge is -2.24. The molecule has 0 aliphatic heterocycles. The number of unbranched alkanes of at least 4 members (excludes halogenated alkanes) is 18. The number of nitrogens with one attached hydrogen (secondary N) is 6. The van der Waals surface area contributed by atoms with Crippen molar-refractivity contribution in [2.75, 3.05) is 217 Å². The summed E-state index contributed by atoms with van der Waals surface area (Å²) in [7, 11) is 21.5. The van der Waals surface area contributed by atoms with Crippen molar-refractivity contribution in [1.29, 1.82) is 0 Å². The third-order valence-electron chi connectivity index (χ3n) is 17.3. The molecule has 0 saturated carbocycles. The lowest BCUT2D eigenvalue weighted by atomic mass is 10.2. The second-order valence-electron chi connectivity index (χ2n) is 25.4. The molecular formula is C68H178N12O18P6S6Si6. The van der Waals surface area contributed by atoms with Crippen LogP contribution in [0.2, 0.25) is 36.3 Å². The molecule has 708 valence electrons. The Morgan fingerprint density at radius 3 is 0.466 bits per heavy atom. The molecule has 0 fully saturated rings. The Labute approximate surface area is 759 Å². The Balaban J connectivity index is -0.000000109. The largest absolute Gasteiger partial charge is 0.500 e. The molecule has 22 N–H and O–H groups in total. The first-order valence-corrected chi connectivity index (χ1v) is 62.1. The first-order chi connectivity index (χ1) is 56.2. The first kappa shape index (κ1) is 145. The van der Waals surface area contributed by atoms with Gasteiger partial charge in [0.15, 0.2) is 0 Å². The average molecular weight is 2000 g/mol. The molecule has 0 atom stereocenters. The van der Waals surface area contributed by atoms with Crippen LogP contribution in [0.1, 0.15) is 193 Å². The molecule has 0 aromatic carbocycles. The molecule has 0 radical (unpaired) electrons. The van der Waals surface area contributed by atoms with Crippen molar-refractivity contribution in [3.05, 3.63) is 0 Å². The van der Waals surface area contributed by atoms with Gasteiger partial charge >= 0.3 is 52.8 Å². The number of hydrogen-bond acceptors (Lipinski definition) is 36. The molecule has 0 saturated heterocycles. The van der Waals surface area contributed by atoms with Crippen molar-refractivity contribution >= 4 is 172 Å². The quantitative estimate of drug-likeness (QED) is 0.0153. The van der Waals surface area contributed by atoms with Gasteiger partial charge in [-0.25, -0.2) is 0 Å². The summed E-state index contributed by atoms with van der Waals surface area (Å²) in [5.74, 6) is 0. The van der Waals surface area contributed by atoms with Gasteiger partial charge in [0.1, 0.15) is 0 Å². The van der Waals surface area contributed by atoms with Gasteiger partial charge in [-0.05, 0) is 281 Å². The van der Waals surface area contributed by atoms with Crippen molar-refractivity contribution in [3.63, 3.8) is 0 Å². The van der Waals surface area contributed by atoms with Crippen LogP contribution >= 0.6 is 48.1 Å². The lowest BCUT2D eigenvalue weighted by Crippen LogP contribution is -2.43. The highest BCUT2D eigenvalue weighted by Crippen LogP contribution is 2.18. The van der Waals surface area contributed by atoms with Crippen molar-refractivity contribution in [3.8, 4) is 0 Å². The van der Waals surface area contributed by atoms with E-state index in [4.69, 9.17) is 91.9 Å². The minimum Gasteiger partial charge on any atom is -0.390 e. The van der Waals surface area contributed by atoms with E-state index in [1.54, 1.807) is 64.0 Å². The molecule has 30 nitrogen and oxygen atoms in total. The third-order valence-corrected chi connectivity index (χ3v) is 32.0. The fraction of sp³-hybridized carbons (Fsp3) is 1.00. The second-order valence-corrected chi connectivity index (χ2v) is 42.6. The number of nitrogens with two attached hydrogens (primary N) is 6. The molecule has 0 amide bonds. The molecule has 0 bridgehead atoms. The Bertz CT molecular complexity index is 1610. The first-order valence-electron chi connectivity index (χ1n) is 40.5. The van der Waals surface area contributed by atoms with E-state index >= 15 is 0 Å². The number of rotatable bonds is 74. The van der Waals surface area contributed by atoms with Crippen LogP contribution in [0.3, 0.4) is 0 Å². The van der Waals surface area contributed by atoms with E-state index < -0.39 is 52.8 Å². The van der Waals surface area contributed by atoms with E-state index in [-0.39, 0.29) is 0 Å². The van der Waals surface area contributed by atoms with E-state index in [1.165, 1.54) is 145 Å². The highest BCUT2D eigenvalue weighted by atomic mass is 32.4. The van der Waals surface area contributed by atoms with Gasteiger partial charge in [-0.1, -0.05) is 148 Å². The van der Waals surface area contributed by atoms with E-state index in [0.717, 1.165) is 219 Å². The fourth-order valence-corrected chi connectivity index (χ4v) is 18.6. The molecule has 0 aliphatic rings. The molecular weight excluding hydrogens is 1820 g/mol. The third kappa shape index (κ3) is 115. The molecule has 0 spiro atoms. The van der Waals surface area contributed by atoms with E-state index in [1.807, 2.05) is 0 Å². The van der Waals surface area contributed by atoms with Gasteiger partial charge in [0.25, 0.3) is 0 Å². The van der Waals surface area contributed by atoms with Crippen LogP contribution in [0.4, 0.5) is 0 Å².